The van der Waals surface area contributed by atoms with Crippen molar-refractivity contribution >= 4 is 45.0 Å². The van der Waals surface area contributed by atoms with E-state index in [0.29, 0.717) is 16.2 Å². The fraction of sp³-hybridized carbons (Fsp3) is 0.0769. The number of halogens is 1. The number of nitriles is 1. The third-order valence-corrected chi connectivity index (χ3v) is 4.27. The van der Waals surface area contributed by atoms with Gasteiger partial charge in [0.05, 0.1) is 8.48 Å². The van der Waals surface area contributed by atoms with Gasteiger partial charge in [-0.05, 0) is 41.2 Å². The van der Waals surface area contributed by atoms with Crippen molar-refractivity contribution in [1.82, 2.24) is 0 Å². The van der Waals surface area contributed by atoms with Crippen LogP contribution < -0.4 is 0 Å². The first-order chi connectivity index (χ1) is 8.65. The number of oxime groups is 1. The molecule has 0 atom stereocenters. The molecule has 1 N–H and O–H groups in total. The average molecular weight is 368 g/mol. The molecule has 0 aromatic heterocycles. The minimum absolute atomic E-state index is 0.469. The molecule has 2 rings (SSSR count). The fourth-order valence-electron chi connectivity index (χ4n) is 1.61. The van der Waals surface area contributed by atoms with Crippen molar-refractivity contribution in [2.75, 3.05) is 0 Å². The molecule has 0 saturated heterocycles. The molecule has 18 heavy (non-hydrogen) atoms. The zero-order chi connectivity index (χ0) is 13.1. The Morgan fingerprint density at radius 3 is 2.61 bits per heavy atom. The monoisotopic (exact) mass is 368 g/mol. The van der Waals surface area contributed by atoms with Gasteiger partial charge in [-0.1, -0.05) is 46.7 Å². The van der Waals surface area contributed by atoms with E-state index in [4.69, 9.17) is 5.21 Å². The van der Waals surface area contributed by atoms with Crippen LogP contribution in [0.5, 0.6) is 0 Å². The predicted molar refractivity (Wildman–Crippen MR) is 82.6 cm³/mol. The van der Waals surface area contributed by atoms with Crippen molar-refractivity contribution in [1.29, 1.82) is 5.26 Å². The van der Waals surface area contributed by atoms with Crippen LogP contribution in [-0.4, -0.2) is 10.3 Å². The van der Waals surface area contributed by atoms with Crippen molar-refractivity contribution < 1.29 is 5.21 Å². The SMILES string of the molecule is Cc1ccc(/C(C#N)=C2/C=C(I)S/C2=N\O)cc1. The molecule has 0 saturated carbocycles. The highest BCUT2D eigenvalue weighted by Crippen LogP contribution is 2.39. The summed E-state index contributed by atoms with van der Waals surface area (Å²) in [6.45, 7) is 2.00. The van der Waals surface area contributed by atoms with Gasteiger partial charge >= 0.3 is 0 Å². The van der Waals surface area contributed by atoms with Gasteiger partial charge in [-0.3, -0.25) is 0 Å². The van der Waals surface area contributed by atoms with Crippen molar-refractivity contribution in [2.24, 2.45) is 5.16 Å². The Kier molecular flexibility index (Phi) is 4.09. The van der Waals surface area contributed by atoms with Gasteiger partial charge in [0, 0.05) is 5.57 Å². The smallest absolute Gasteiger partial charge is 0.149 e. The third kappa shape index (κ3) is 2.60. The highest BCUT2D eigenvalue weighted by atomic mass is 127. The quantitative estimate of drug-likeness (QED) is 0.352. The molecule has 1 aliphatic heterocycles. The summed E-state index contributed by atoms with van der Waals surface area (Å²) in [6.07, 6.45) is 1.86. The number of hydrogen-bond donors (Lipinski definition) is 1. The molecule has 0 unspecified atom stereocenters. The molecule has 5 heteroatoms. The molecule has 0 fully saturated rings. The van der Waals surface area contributed by atoms with E-state index >= 15 is 0 Å². The van der Waals surface area contributed by atoms with Gasteiger partial charge in [-0.25, -0.2) is 0 Å². The van der Waals surface area contributed by atoms with Gasteiger partial charge in [-0.2, -0.15) is 5.26 Å². The summed E-state index contributed by atoms with van der Waals surface area (Å²) in [4.78, 5) is 0. The van der Waals surface area contributed by atoms with Gasteiger partial charge in [0.1, 0.15) is 11.1 Å². The molecule has 0 amide bonds. The third-order valence-electron chi connectivity index (χ3n) is 2.49. The molecule has 1 aromatic carbocycles. The van der Waals surface area contributed by atoms with Crippen molar-refractivity contribution in [3.63, 3.8) is 0 Å². The Bertz CT molecular complexity index is 609. The lowest BCUT2D eigenvalue weighted by molar-refractivity contribution is 0.321. The van der Waals surface area contributed by atoms with Crippen LogP contribution in [0.2, 0.25) is 0 Å². The summed E-state index contributed by atoms with van der Waals surface area (Å²) in [5.41, 5.74) is 3.19. The van der Waals surface area contributed by atoms with Crippen LogP contribution in [0, 0.1) is 18.3 Å². The average Bonchev–Trinajstić information content (AvgIpc) is 2.74. The van der Waals surface area contributed by atoms with E-state index in [1.54, 1.807) is 0 Å². The molecule has 0 bridgehead atoms. The van der Waals surface area contributed by atoms with E-state index in [1.807, 2.05) is 37.3 Å². The van der Waals surface area contributed by atoms with Crippen LogP contribution in [0.15, 0.2) is 44.0 Å². The highest BCUT2D eigenvalue weighted by molar-refractivity contribution is 14.1. The summed E-state index contributed by atoms with van der Waals surface area (Å²) in [6, 6.07) is 9.91. The summed E-state index contributed by atoms with van der Waals surface area (Å²) in [5.74, 6) is 0. The number of thioether (sulfide) groups is 1. The maximum atomic E-state index is 9.32. The Morgan fingerprint density at radius 1 is 1.39 bits per heavy atom. The maximum absolute atomic E-state index is 9.32. The van der Waals surface area contributed by atoms with E-state index in [0.717, 1.165) is 14.0 Å². The maximum Gasteiger partial charge on any atom is 0.149 e. The molecule has 0 spiro atoms. The lowest BCUT2D eigenvalue weighted by Crippen LogP contribution is -1.95. The topological polar surface area (TPSA) is 56.4 Å². The Labute approximate surface area is 123 Å². The Morgan fingerprint density at radius 2 is 2.06 bits per heavy atom. The van der Waals surface area contributed by atoms with Crippen molar-refractivity contribution in [2.45, 2.75) is 6.92 Å². The van der Waals surface area contributed by atoms with Crippen LogP contribution in [0.1, 0.15) is 11.1 Å². The zero-order valence-corrected chi connectivity index (χ0v) is 12.5. The number of aryl methyl sites for hydroxylation is 1. The number of nitrogens with zero attached hydrogens (tertiary/aromatic N) is 2. The molecular formula is C13H9IN2OS. The van der Waals surface area contributed by atoms with Crippen LogP contribution in [0.25, 0.3) is 5.57 Å². The van der Waals surface area contributed by atoms with Gasteiger partial charge in [0.2, 0.25) is 0 Å². The van der Waals surface area contributed by atoms with Gasteiger partial charge in [-0.15, -0.1) is 0 Å². The Hall–Kier alpha value is -1.26. The molecule has 1 aliphatic rings. The van der Waals surface area contributed by atoms with Gasteiger partial charge < -0.3 is 5.21 Å². The van der Waals surface area contributed by atoms with Gasteiger partial charge in [0.25, 0.3) is 0 Å². The van der Waals surface area contributed by atoms with Gasteiger partial charge in [0.15, 0.2) is 0 Å². The van der Waals surface area contributed by atoms with E-state index in [-0.39, 0.29) is 0 Å². The van der Waals surface area contributed by atoms with E-state index < -0.39 is 0 Å². The lowest BCUT2D eigenvalue weighted by Gasteiger charge is -2.03. The molecular weight excluding hydrogens is 359 g/mol. The van der Waals surface area contributed by atoms with Crippen LogP contribution >= 0.6 is 34.4 Å². The number of rotatable bonds is 1. The lowest BCUT2D eigenvalue weighted by atomic mass is 10.0. The highest BCUT2D eigenvalue weighted by Gasteiger charge is 2.21. The number of hydrogen-bond acceptors (Lipinski definition) is 4. The first kappa shape index (κ1) is 13.2. The van der Waals surface area contributed by atoms with E-state index in [9.17, 15) is 5.26 Å². The molecule has 90 valence electrons. The second kappa shape index (κ2) is 5.59. The van der Waals surface area contributed by atoms with E-state index in [2.05, 4.69) is 33.8 Å². The molecule has 0 aliphatic carbocycles. The summed E-state index contributed by atoms with van der Waals surface area (Å²) in [5, 5.41) is 22.0. The predicted octanol–water partition coefficient (Wildman–Crippen LogP) is 4.08. The normalized spacial score (nSPS) is 19.6. The minimum atomic E-state index is 0.469. The second-order valence-electron chi connectivity index (χ2n) is 3.72. The number of benzene rings is 1. The summed E-state index contributed by atoms with van der Waals surface area (Å²) in [7, 11) is 0. The molecule has 0 radical (unpaired) electrons. The first-order valence-corrected chi connectivity index (χ1v) is 7.04. The first-order valence-electron chi connectivity index (χ1n) is 5.14. The zero-order valence-electron chi connectivity index (χ0n) is 9.51. The number of allylic oxidation sites excluding steroid dienone is 2. The standard InChI is InChI=1S/C13H9IN2OS/c1-8-2-4-9(5-3-8)11(7-15)10-6-12(14)18-13(10)16-17/h2-6,17H,1H3/b11-10-,16-13-. The molecule has 3 nitrogen and oxygen atoms in total. The van der Waals surface area contributed by atoms with Crippen LogP contribution in [-0.2, 0) is 0 Å². The Balaban J connectivity index is 2.58. The van der Waals surface area contributed by atoms with Crippen LogP contribution in [0.3, 0.4) is 0 Å². The largest absolute Gasteiger partial charge is 0.410 e. The summed E-state index contributed by atoms with van der Waals surface area (Å²) < 4.78 is 0.982. The second-order valence-corrected chi connectivity index (χ2v) is 6.65. The fourth-order valence-corrected chi connectivity index (χ4v) is 3.22. The minimum Gasteiger partial charge on any atom is -0.410 e. The molecule has 1 heterocycles. The molecule has 1 aromatic rings. The van der Waals surface area contributed by atoms with Crippen molar-refractivity contribution in [3.05, 3.63) is 50.0 Å². The summed E-state index contributed by atoms with van der Waals surface area (Å²) >= 11 is 3.50. The van der Waals surface area contributed by atoms with E-state index in [1.165, 1.54) is 11.8 Å². The van der Waals surface area contributed by atoms with Crippen molar-refractivity contribution in [3.8, 4) is 6.07 Å². The van der Waals surface area contributed by atoms with Crippen LogP contribution in [0.4, 0.5) is 0 Å².